The van der Waals surface area contributed by atoms with Crippen LogP contribution in [0.4, 0.5) is 22.0 Å². The number of nitrogens with zero attached hydrogens (tertiary/aromatic N) is 2. The number of likely N-dealkylation sites (tertiary alicyclic amines) is 1. The van der Waals surface area contributed by atoms with Crippen molar-refractivity contribution in [2.75, 3.05) is 26.2 Å². The summed E-state index contributed by atoms with van der Waals surface area (Å²) in [5, 5.41) is 14.5. The van der Waals surface area contributed by atoms with Crippen LogP contribution in [0.25, 0.3) is 21.9 Å². The Hall–Kier alpha value is -4.18. The normalized spacial score (nSPS) is 17.0. The number of piperidine rings is 1. The highest BCUT2D eigenvalue weighted by molar-refractivity contribution is 6.00. The van der Waals surface area contributed by atoms with E-state index in [2.05, 4.69) is 4.90 Å². The van der Waals surface area contributed by atoms with Crippen LogP contribution in [0.1, 0.15) is 36.4 Å². The zero-order valence-electron chi connectivity index (χ0n) is 23.2. The van der Waals surface area contributed by atoms with Crippen LogP contribution in [0.2, 0.25) is 0 Å². The Morgan fingerprint density at radius 2 is 1.58 bits per heavy atom. The van der Waals surface area contributed by atoms with Crippen molar-refractivity contribution < 1.29 is 31.9 Å². The number of nitrogens with one attached hydrogen (secondary N) is 1. The number of aromatic nitrogens is 1. The second kappa shape index (κ2) is 11.1. The van der Waals surface area contributed by atoms with E-state index in [0.29, 0.717) is 17.7 Å². The number of hydrogen-bond acceptors (Lipinski definition) is 3. The van der Waals surface area contributed by atoms with Gasteiger partial charge in [0.05, 0.1) is 0 Å². The Morgan fingerprint density at radius 3 is 2.19 bits per heavy atom. The molecule has 1 fully saturated rings. The topological polar surface area (TPSA) is 57.5 Å². The number of aromatic hydroxyl groups is 1. The van der Waals surface area contributed by atoms with Gasteiger partial charge in [-0.05, 0) is 71.8 Å². The Kier molecular flexibility index (Phi) is 7.50. The van der Waals surface area contributed by atoms with Gasteiger partial charge < -0.3 is 15.0 Å². The average Bonchev–Trinajstić information content (AvgIpc) is 3.46. The number of carbonyl (C=O) groups is 1. The average molecular weight is 596 g/mol. The van der Waals surface area contributed by atoms with E-state index in [0.717, 1.165) is 48.8 Å². The van der Waals surface area contributed by atoms with Crippen molar-refractivity contribution in [2.45, 2.75) is 36.9 Å². The predicted molar refractivity (Wildman–Crippen MR) is 154 cm³/mol. The molecule has 1 amide bonds. The highest BCUT2D eigenvalue weighted by Crippen LogP contribution is 2.51. The van der Waals surface area contributed by atoms with Crippen LogP contribution < -0.4 is 5.32 Å². The minimum absolute atomic E-state index is 0.0795. The van der Waals surface area contributed by atoms with Crippen molar-refractivity contribution in [2.24, 2.45) is 0 Å². The number of allylic oxidation sites excluding steroid dienone is 1. The van der Waals surface area contributed by atoms with Crippen LogP contribution in [0.15, 0.2) is 79.0 Å². The summed E-state index contributed by atoms with van der Waals surface area (Å²) in [5.74, 6) is -2.00. The molecular formula is C33H30F5N3O2. The maximum atomic E-state index is 14.5. The Balaban J connectivity index is 1.21. The fourth-order valence-electron chi connectivity index (χ4n) is 6.55. The lowest BCUT2D eigenvalue weighted by Gasteiger charge is -2.32. The molecule has 1 aliphatic heterocycles. The third-order valence-corrected chi connectivity index (χ3v) is 8.64. The lowest BCUT2D eigenvalue weighted by Crippen LogP contribution is -2.47. The summed E-state index contributed by atoms with van der Waals surface area (Å²) in [6, 6.07) is 15.5. The predicted octanol–water partition coefficient (Wildman–Crippen LogP) is 6.85. The molecule has 0 bridgehead atoms. The standard InChI is InChI=1S/C33H30F5N3O2/c34-22-7-9-26-27-10-8-23(35)18-29(27)32(28(26)17-22,31(43)39-20-33(36,37)38)13-3-4-14-40-15-11-24(12-16-40)41-19-21-5-1-2-6-25(21)30(41)42/h1-10,17-19,24,42H,11-16,20H2,(H,39,43). The number of alkyl halides is 3. The van der Waals surface area contributed by atoms with E-state index in [-0.39, 0.29) is 29.5 Å². The van der Waals surface area contributed by atoms with Gasteiger partial charge in [0.2, 0.25) is 5.91 Å². The molecule has 224 valence electrons. The molecule has 2 heterocycles. The zero-order valence-corrected chi connectivity index (χ0v) is 23.2. The number of fused-ring (bicyclic) bond motifs is 4. The molecule has 6 rings (SSSR count). The van der Waals surface area contributed by atoms with E-state index in [1.54, 1.807) is 6.08 Å². The van der Waals surface area contributed by atoms with Crippen molar-refractivity contribution >= 4 is 16.7 Å². The molecule has 10 heteroatoms. The highest BCUT2D eigenvalue weighted by Gasteiger charge is 2.49. The molecule has 0 atom stereocenters. The molecule has 0 saturated carbocycles. The maximum absolute atomic E-state index is 14.5. The molecule has 0 unspecified atom stereocenters. The van der Waals surface area contributed by atoms with Crippen LogP contribution in [-0.2, 0) is 10.2 Å². The Labute approximate surface area is 245 Å². The summed E-state index contributed by atoms with van der Waals surface area (Å²) in [5.41, 5.74) is -0.364. The highest BCUT2D eigenvalue weighted by atomic mass is 19.4. The molecule has 1 saturated heterocycles. The SMILES string of the molecule is O=C(NCC(F)(F)F)C1(CC=CCN2CCC(n3cc4ccccc4c3O)CC2)c2cc(F)ccc2-c2ccc(F)cc21. The molecule has 2 N–H and O–H groups in total. The molecule has 1 aliphatic carbocycles. The minimum atomic E-state index is -4.66. The smallest absolute Gasteiger partial charge is 0.405 e. The van der Waals surface area contributed by atoms with Gasteiger partial charge in [0.1, 0.15) is 23.6 Å². The lowest BCUT2D eigenvalue weighted by atomic mass is 9.74. The molecule has 5 nitrogen and oxygen atoms in total. The number of halogens is 5. The summed E-state index contributed by atoms with van der Waals surface area (Å²) in [4.78, 5) is 15.8. The number of amides is 1. The lowest BCUT2D eigenvalue weighted by molar-refractivity contribution is -0.140. The summed E-state index contributed by atoms with van der Waals surface area (Å²) < 4.78 is 70.2. The van der Waals surface area contributed by atoms with Gasteiger partial charge in [-0.25, -0.2) is 8.78 Å². The molecule has 3 aromatic carbocycles. The van der Waals surface area contributed by atoms with Gasteiger partial charge in [-0.1, -0.05) is 42.5 Å². The van der Waals surface area contributed by atoms with Crippen molar-refractivity contribution in [3.8, 4) is 17.0 Å². The third kappa shape index (κ3) is 5.40. The van der Waals surface area contributed by atoms with Gasteiger partial charge in [0.25, 0.3) is 0 Å². The Morgan fingerprint density at radius 1 is 0.953 bits per heavy atom. The molecule has 0 radical (unpaired) electrons. The monoisotopic (exact) mass is 595 g/mol. The molecule has 0 spiro atoms. The zero-order chi connectivity index (χ0) is 30.4. The summed E-state index contributed by atoms with van der Waals surface area (Å²) in [6.45, 7) is 0.469. The van der Waals surface area contributed by atoms with Crippen LogP contribution in [0, 0.1) is 11.6 Å². The van der Waals surface area contributed by atoms with Crippen molar-refractivity contribution in [3.05, 3.63) is 102 Å². The van der Waals surface area contributed by atoms with E-state index in [9.17, 15) is 31.9 Å². The second-order valence-corrected chi connectivity index (χ2v) is 11.2. The first-order valence-electron chi connectivity index (χ1n) is 14.2. The van der Waals surface area contributed by atoms with Crippen molar-refractivity contribution in [3.63, 3.8) is 0 Å². The fraction of sp³-hybridized carbons (Fsp3) is 0.303. The van der Waals surface area contributed by atoms with Gasteiger partial charge in [-0.3, -0.25) is 9.69 Å². The van der Waals surface area contributed by atoms with E-state index >= 15 is 0 Å². The van der Waals surface area contributed by atoms with Crippen LogP contribution >= 0.6 is 0 Å². The first-order chi connectivity index (χ1) is 20.6. The number of benzene rings is 3. The van der Waals surface area contributed by atoms with Crippen LogP contribution in [-0.4, -0.2) is 52.8 Å². The maximum Gasteiger partial charge on any atom is 0.405 e. The van der Waals surface area contributed by atoms with E-state index in [1.807, 2.05) is 46.4 Å². The van der Waals surface area contributed by atoms with Gasteiger partial charge in [-0.2, -0.15) is 13.2 Å². The third-order valence-electron chi connectivity index (χ3n) is 8.64. The number of carbonyl (C=O) groups excluding carboxylic acids is 1. The van der Waals surface area contributed by atoms with Crippen LogP contribution in [0.5, 0.6) is 5.88 Å². The minimum Gasteiger partial charge on any atom is -0.494 e. The molecular weight excluding hydrogens is 565 g/mol. The summed E-state index contributed by atoms with van der Waals surface area (Å²) in [7, 11) is 0. The second-order valence-electron chi connectivity index (χ2n) is 11.2. The number of rotatable bonds is 7. The van der Waals surface area contributed by atoms with Crippen molar-refractivity contribution in [1.82, 2.24) is 14.8 Å². The van der Waals surface area contributed by atoms with Gasteiger partial charge in [0.15, 0.2) is 5.88 Å². The molecule has 2 aliphatic rings. The largest absolute Gasteiger partial charge is 0.494 e. The Bertz CT molecular complexity index is 1650. The number of hydrogen-bond donors (Lipinski definition) is 2. The van der Waals surface area contributed by atoms with Crippen LogP contribution in [0.3, 0.4) is 0 Å². The quantitative estimate of drug-likeness (QED) is 0.182. The first kappa shape index (κ1) is 28.9. The van der Waals surface area contributed by atoms with Gasteiger partial charge >= 0.3 is 6.18 Å². The van der Waals surface area contributed by atoms with E-state index in [4.69, 9.17) is 0 Å². The van der Waals surface area contributed by atoms with Gasteiger partial charge in [0, 0.05) is 42.6 Å². The first-order valence-corrected chi connectivity index (χ1v) is 14.2. The summed E-state index contributed by atoms with van der Waals surface area (Å²) >= 11 is 0. The van der Waals surface area contributed by atoms with Crippen molar-refractivity contribution in [1.29, 1.82) is 0 Å². The van der Waals surface area contributed by atoms with E-state index in [1.165, 1.54) is 24.3 Å². The fourth-order valence-corrected chi connectivity index (χ4v) is 6.55. The molecule has 43 heavy (non-hydrogen) atoms. The summed E-state index contributed by atoms with van der Waals surface area (Å²) in [6.07, 6.45) is 2.41. The molecule has 1 aromatic heterocycles. The van der Waals surface area contributed by atoms with E-state index < -0.39 is 35.7 Å². The van der Waals surface area contributed by atoms with Gasteiger partial charge in [-0.15, -0.1) is 0 Å². The molecule has 4 aromatic rings.